The lowest BCUT2D eigenvalue weighted by molar-refractivity contribution is -0.120. The number of hydrogen-bond acceptors (Lipinski definition) is 3. The zero-order valence-electron chi connectivity index (χ0n) is 15.0. The van der Waals surface area contributed by atoms with Gasteiger partial charge in [-0.2, -0.15) is 5.10 Å². The SMILES string of the molecule is CCNC(=NCc1ccccc1F)N1CCN(c2cnn(C)c2)C(=O)C1. The van der Waals surface area contributed by atoms with Crippen molar-refractivity contribution in [2.45, 2.75) is 13.5 Å². The average molecular weight is 358 g/mol. The van der Waals surface area contributed by atoms with Crippen molar-refractivity contribution in [3.05, 3.63) is 48.0 Å². The van der Waals surface area contributed by atoms with E-state index < -0.39 is 0 Å². The number of carbonyl (C=O) groups excluding carboxylic acids is 1. The van der Waals surface area contributed by atoms with E-state index in [0.717, 1.165) is 5.69 Å². The van der Waals surface area contributed by atoms with Crippen molar-refractivity contribution in [2.75, 3.05) is 31.1 Å². The lowest BCUT2D eigenvalue weighted by Gasteiger charge is -2.35. The number of hydrogen-bond donors (Lipinski definition) is 1. The van der Waals surface area contributed by atoms with Crippen LogP contribution in [0.15, 0.2) is 41.7 Å². The lowest BCUT2D eigenvalue weighted by Crippen LogP contribution is -2.55. The first-order chi connectivity index (χ1) is 12.6. The van der Waals surface area contributed by atoms with Crippen LogP contribution in [0.25, 0.3) is 0 Å². The van der Waals surface area contributed by atoms with E-state index in [2.05, 4.69) is 15.4 Å². The van der Waals surface area contributed by atoms with Crippen LogP contribution in [0.3, 0.4) is 0 Å². The van der Waals surface area contributed by atoms with Crippen molar-refractivity contribution >= 4 is 17.6 Å². The Bertz CT molecular complexity index is 802. The van der Waals surface area contributed by atoms with Gasteiger partial charge in [0.05, 0.1) is 18.4 Å². The van der Waals surface area contributed by atoms with Crippen molar-refractivity contribution in [1.29, 1.82) is 0 Å². The zero-order valence-corrected chi connectivity index (χ0v) is 15.0. The summed E-state index contributed by atoms with van der Waals surface area (Å²) in [6, 6.07) is 6.59. The van der Waals surface area contributed by atoms with Crippen molar-refractivity contribution in [2.24, 2.45) is 12.0 Å². The molecule has 0 spiro atoms. The van der Waals surface area contributed by atoms with E-state index in [1.54, 1.807) is 34.0 Å². The van der Waals surface area contributed by atoms with Gasteiger partial charge in [-0.3, -0.25) is 9.48 Å². The monoisotopic (exact) mass is 358 g/mol. The maximum absolute atomic E-state index is 13.8. The molecule has 1 aromatic carbocycles. The standard InChI is InChI=1S/C18H23FN6O/c1-3-20-18(21-10-14-6-4-5-7-16(14)19)24-8-9-25(17(26)13-24)15-11-22-23(2)12-15/h4-7,11-12H,3,8-10,13H2,1-2H3,(H,20,21). The molecule has 1 aliphatic rings. The summed E-state index contributed by atoms with van der Waals surface area (Å²) >= 11 is 0. The normalized spacial score (nSPS) is 15.5. The number of aromatic nitrogens is 2. The van der Waals surface area contributed by atoms with Crippen molar-refractivity contribution < 1.29 is 9.18 Å². The Kier molecular flexibility index (Phi) is 5.50. The number of guanidine groups is 1. The molecule has 0 unspecified atom stereocenters. The number of aryl methyl sites for hydroxylation is 1. The molecule has 0 atom stereocenters. The minimum absolute atomic E-state index is 0.0132. The number of carbonyl (C=O) groups is 1. The number of anilines is 1. The predicted octanol–water partition coefficient (Wildman–Crippen LogP) is 1.37. The molecule has 2 heterocycles. The second kappa shape index (κ2) is 7.99. The first kappa shape index (κ1) is 17.9. The predicted molar refractivity (Wildman–Crippen MR) is 98.3 cm³/mol. The first-order valence-electron chi connectivity index (χ1n) is 8.64. The summed E-state index contributed by atoms with van der Waals surface area (Å²) in [6.07, 6.45) is 3.51. The van der Waals surface area contributed by atoms with Gasteiger partial charge >= 0.3 is 0 Å². The molecule has 26 heavy (non-hydrogen) atoms. The molecule has 8 heteroatoms. The van der Waals surface area contributed by atoms with Crippen LogP contribution < -0.4 is 10.2 Å². The van der Waals surface area contributed by atoms with Gasteiger partial charge in [0, 0.05) is 38.4 Å². The molecule has 0 radical (unpaired) electrons. The number of nitrogens with one attached hydrogen (secondary N) is 1. The fourth-order valence-corrected chi connectivity index (χ4v) is 2.89. The molecule has 7 nitrogen and oxygen atoms in total. The third-order valence-corrected chi connectivity index (χ3v) is 4.22. The van der Waals surface area contributed by atoms with Gasteiger partial charge in [-0.05, 0) is 13.0 Å². The Morgan fingerprint density at radius 3 is 2.81 bits per heavy atom. The fourth-order valence-electron chi connectivity index (χ4n) is 2.89. The highest BCUT2D eigenvalue weighted by molar-refractivity contribution is 5.98. The minimum Gasteiger partial charge on any atom is -0.356 e. The van der Waals surface area contributed by atoms with Crippen LogP contribution >= 0.6 is 0 Å². The summed E-state index contributed by atoms with van der Waals surface area (Å²) in [5.41, 5.74) is 1.33. The largest absolute Gasteiger partial charge is 0.356 e. The van der Waals surface area contributed by atoms with Crippen LogP contribution in [-0.2, 0) is 18.4 Å². The van der Waals surface area contributed by atoms with Gasteiger partial charge < -0.3 is 15.1 Å². The number of aliphatic imine (C=N–C) groups is 1. The Morgan fingerprint density at radius 2 is 2.15 bits per heavy atom. The number of rotatable bonds is 4. The summed E-state index contributed by atoms with van der Waals surface area (Å²) in [7, 11) is 1.82. The van der Waals surface area contributed by atoms with Gasteiger partial charge in [0.25, 0.3) is 0 Å². The summed E-state index contributed by atoms with van der Waals surface area (Å²) in [4.78, 5) is 20.7. The van der Waals surface area contributed by atoms with E-state index in [4.69, 9.17) is 0 Å². The van der Waals surface area contributed by atoms with Gasteiger partial charge in [-0.1, -0.05) is 18.2 Å². The average Bonchev–Trinajstić information content (AvgIpc) is 3.06. The highest BCUT2D eigenvalue weighted by Crippen LogP contribution is 2.16. The van der Waals surface area contributed by atoms with Crippen LogP contribution in [0, 0.1) is 5.82 Å². The first-order valence-corrected chi connectivity index (χ1v) is 8.64. The summed E-state index contributed by atoms with van der Waals surface area (Å²) in [5.74, 6) is 0.334. The van der Waals surface area contributed by atoms with Crippen LogP contribution in [0.1, 0.15) is 12.5 Å². The second-order valence-corrected chi connectivity index (χ2v) is 6.10. The van der Waals surface area contributed by atoms with Crippen LogP contribution in [-0.4, -0.2) is 52.7 Å². The molecule has 138 valence electrons. The van der Waals surface area contributed by atoms with Crippen molar-refractivity contribution in [3.8, 4) is 0 Å². The van der Waals surface area contributed by atoms with E-state index in [0.29, 0.717) is 31.2 Å². The highest BCUT2D eigenvalue weighted by Gasteiger charge is 2.27. The molecule has 1 saturated heterocycles. The molecule has 1 N–H and O–H groups in total. The summed E-state index contributed by atoms with van der Waals surface area (Å²) in [6.45, 7) is 4.28. The maximum atomic E-state index is 13.8. The molecule has 0 saturated carbocycles. The Hall–Kier alpha value is -2.90. The number of amides is 1. The van der Waals surface area contributed by atoms with Crippen LogP contribution in [0.4, 0.5) is 10.1 Å². The second-order valence-electron chi connectivity index (χ2n) is 6.10. The summed E-state index contributed by atoms with van der Waals surface area (Å²) < 4.78 is 15.5. The third kappa shape index (κ3) is 4.01. The third-order valence-electron chi connectivity index (χ3n) is 4.22. The smallest absolute Gasteiger partial charge is 0.246 e. The molecule has 1 aliphatic heterocycles. The Balaban J connectivity index is 1.70. The van der Waals surface area contributed by atoms with E-state index in [1.807, 2.05) is 25.1 Å². The molecule has 0 bridgehead atoms. The van der Waals surface area contributed by atoms with Gasteiger partial charge in [0.15, 0.2) is 5.96 Å². The number of nitrogens with zero attached hydrogens (tertiary/aromatic N) is 5. The molecular weight excluding hydrogens is 335 g/mol. The molecule has 1 aromatic heterocycles. The van der Waals surface area contributed by atoms with Gasteiger partial charge in [-0.15, -0.1) is 0 Å². The van der Waals surface area contributed by atoms with E-state index in [9.17, 15) is 9.18 Å². The van der Waals surface area contributed by atoms with Crippen molar-refractivity contribution in [3.63, 3.8) is 0 Å². The van der Waals surface area contributed by atoms with E-state index in [1.165, 1.54) is 6.07 Å². The summed E-state index contributed by atoms with van der Waals surface area (Å²) in [5, 5.41) is 7.31. The minimum atomic E-state index is -0.274. The van der Waals surface area contributed by atoms with Crippen molar-refractivity contribution in [1.82, 2.24) is 20.0 Å². The fraction of sp³-hybridized carbons (Fsp3) is 0.389. The number of piperazine rings is 1. The maximum Gasteiger partial charge on any atom is 0.246 e. The van der Waals surface area contributed by atoms with Crippen LogP contribution in [0.2, 0.25) is 0 Å². The Morgan fingerprint density at radius 1 is 1.35 bits per heavy atom. The molecule has 0 aliphatic carbocycles. The number of halogens is 1. The topological polar surface area (TPSA) is 65.8 Å². The molecular formula is C18H23FN6O. The molecule has 1 amide bonds. The van der Waals surface area contributed by atoms with Crippen LogP contribution in [0.5, 0.6) is 0 Å². The molecule has 2 aromatic rings. The highest BCUT2D eigenvalue weighted by atomic mass is 19.1. The quantitative estimate of drug-likeness (QED) is 0.662. The number of benzene rings is 1. The zero-order chi connectivity index (χ0) is 18.5. The van der Waals surface area contributed by atoms with E-state index in [-0.39, 0.29) is 24.8 Å². The molecule has 3 rings (SSSR count). The van der Waals surface area contributed by atoms with Gasteiger partial charge in [0.2, 0.25) is 5.91 Å². The van der Waals surface area contributed by atoms with Gasteiger partial charge in [-0.25, -0.2) is 9.38 Å². The van der Waals surface area contributed by atoms with Gasteiger partial charge in [0.1, 0.15) is 12.4 Å². The lowest BCUT2D eigenvalue weighted by atomic mass is 10.2. The Labute approximate surface area is 152 Å². The molecule has 1 fully saturated rings. The van der Waals surface area contributed by atoms with E-state index >= 15 is 0 Å².